The summed E-state index contributed by atoms with van der Waals surface area (Å²) in [5, 5.41) is 0.402. The van der Waals surface area contributed by atoms with E-state index >= 15 is 0 Å². The summed E-state index contributed by atoms with van der Waals surface area (Å²) in [6.45, 7) is 0.996. The molecule has 0 heterocycles. The number of hydrogen-bond acceptors (Lipinski definition) is 3. The van der Waals surface area contributed by atoms with Gasteiger partial charge in [-0.2, -0.15) is 0 Å². The van der Waals surface area contributed by atoms with Gasteiger partial charge in [0.25, 0.3) is 0 Å². The molecule has 1 rings (SSSR count). The Labute approximate surface area is 104 Å². The molecular weight excluding hydrogens is 272 g/mol. The number of ether oxygens (including phenoxy) is 2. The zero-order valence-electron chi connectivity index (χ0n) is 9.24. The minimum Gasteiger partial charge on any atom is -0.497 e. The maximum Gasteiger partial charge on any atom is 0.145 e. The fourth-order valence-corrected chi connectivity index (χ4v) is 1.44. The molecule has 3 nitrogen and oxygen atoms in total. The van der Waals surface area contributed by atoms with Gasteiger partial charge in [-0.25, -0.2) is 0 Å². The van der Waals surface area contributed by atoms with Gasteiger partial charge in [-0.15, -0.1) is 0 Å². The Morgan fingerprint density at radius 2 is 2.00 bits per heavy atom. The van der Waals surface area contributed by atoms with Crippen LogP contribution in [0.3, 0.4) is 0 Å². The molecule has 0 aliphatic carbocycles. The first kappa shape index (κ1) is 13.2. The van der Waals surface area contributed by atoms with Gasteiger partial charge in [-0.05, 0) is 17.7 Å². The quantitative estimate of drug-likeness (QED) is 0.571. The van der Waals surface area contributed by atoms with Crippen LogP contribution in [-0.4, -0.2) is 24.8 Å². The van der Waals surface area contributed by atoms with Crippen LogP contribution < -0.4 is 4.74 Å². The predicted molar refractivity (Wildman–Crippen MR) is 66.1 cm³/mol. The van der Waals surface area contributed by atoms with E-state index in [4.69, 9.17) is 9.47 Å². The second kappa shape index (κ2) is 7.41. The fourth-order valence-electron chi connectivity index (χ4n) is 1.16. The van der Waals surface area contributed by atoms with E-state index in [-0.39, 0.29) is 5.78 Å². The predicted octanol–water partition coefficient (Wildman–Crippen LogP) is 2.57. The summed E-state index contributed by atoms with van der Waals surface area (Å²) < 4.78 is 10.4. The van der Waals surface area contributed by atoms with E-state index in [2.05, 4.69) is 15.9 Å². The SMILES string of the molecule is COc1ccc(COCCC(=O)CBr)cc1. The van der Waals surface area contributed by atoms with Crippen molar-refractivity contribution in [3.63, 3.8) is 0 Å². The maximum atomic E-state index is 11.0. The Kier molecular flexibility index (Phi) is 6.11. The van der Waals surface area contributed by atoms with E-state index in [1.807, 2.05) is 24.3 Å². The lowest BCUT2D eigenvalue weighted by Gasteiger charge is -2.04. The van der Waals surface area contributed by atoms with Gasteiger partial charge >= 0.3 is 0 Å². The molecule has 0 N–H and O–H groups in total. The van der Waals surface area contributed by atoms with Crippen molar-refractivity contribution in [1.29, 1.82) is 0 Å². The Bertz CT molecular complexity index is 322. The number of Topliss-reactive ketones (excluding diaryl/α,β-unsaturated/α-hetero) is 1. The zero-order chi connectivity index (χ0) is 11.8. The molecule has 0 aliphatic rings. The van der Waals surface area contributed by atoms with Crippen LogP contribution in [0.5, 0.6) is 5.75 Å². The first-order valence-corrected chi connectivity index (χ1v) is 6.16. The van der Waals surface area contributed by atoms with Crippen molar-refractivity contribution >= 4 is 21.7 Å². The van der Waals surface area contributed by atoms with Crippen molar-refractivity contribution in [2.75, 3.05) is 19.0 Å². The highest BCUT2D eigenvalue weighted by Crippen LogP contribution is 2.11. The highest BCUT2D eigenvalue weighted by Gasteiger charge is 1.99. The Hall–Kier alpha value is -0.870. The number of carbonyl (C=O) groups is 1. The Morgan fingerprint density at radius 3 is 2.56 bits per heavy atom. The van der Waals surface area contributed by atoms with Crippen LogP contribution in [0.15, 0.2) is 24.3 Å². The lowest BCUT2D eigenvalue weighted by molar-refractivity contribution is -0.117. The van der Waals surface area contributed by atoms with E-state index < -0.39 is 0 Å². The molecule has 4 heteroatoms. The van der Waals surface area contributed by atoms with Gasteiger partial charge in [-0.3, -0.25) is 4.79 Å². The van der Waals surface area contributed by atoms with Crippen molar-refractivity contribution in [3.8, 4) is 5.75 Å². The standard InChI is InChI=1S/C12H15BrO3/c1-15-12-4-2-10(3-5-12)9-16-7-6-11(14)8-13/h2-5H,6-9H2,1H3. The molecule has 0 bridgehead atoms. The average Bonchev–Trinajstić information content (AvgIpc) is 2.35. The number of rotatable bonds is 7. The lowest BCUT2D eigenvalue weighted by Crippen LogP contribution is -2.04. The van der Waals surface area contributed by atoms with Crippen LogP contribution in [0.1, 0.15) is 12.0 Å². The summed E-state index contributed by atoms with van der Waals surface area (Å²) in [5.74, 6) is 0.993. The zero-order valence-corrected chi connectivity index (χ0v) is 10.8. The number of hydrogen-bond donors (Lipinski definition) is 0. The molecule has 0 unspecified atom stereocenters. The Morgan fingerprint density at radius 1 is 1.31 bits per heavy atom. The summed E-state index contributed by atoms with van der Waals surface area (Å²) in [7, 11) is 1.64. The average molecular weight is 287 g/mol. The normalized spacial score (nSPS) is 10.1. The summed E-state index contributed by atoms with van der Waals surface area (Å²) >= 11 is 3.11. The van der Waals surface area contributed by atoms with Crippen molar-refractivity contribution in [2.24, 2.45) is 0 Å². The molecule has 0 spiro atoms. The van der Waals surface area contributed by atoms with Gasteiger partial charge in [0.05, 0.1) is 25.7 Å². The van der Waals surface area contributed by atoms with Crippen molar-refractivity contribution in [2.45, 2.75) is 13.0 Å². The molecule has 1 aromatic rings. The summed E-state index contributed by atoms with van der Waals surface area (Å²) in [6, 6.07) is 7.68. The molecule has 88 valence electrons. The molecule has 0 fully saturated rings. The van der Waals surface area contributed by atoms with E-state index in [0.29, 0.717) is 25.0 Å². The molecule has 0 aromatic heterocycles. The smallest absolute Gasteiger partial charge is 0.145 e. The van der Waals surface area contributed by atoms with Crippen molar-refractivity contribution in [1.82, 2.24) is 0 Å². The summed E-state index contributed by atoms with van der Waals surface area (Å²) in [5.41, 5.74) is 1.08. The lowest BCUT2D eigenvalue weighted by atomic mass is 10.2. The van der Waals surface area contributed by atoms with Crippen molar-refractivity contribution < 1.29 is 14.3 Å². The van der Waals surface area contributed by atoms with Gasteiger partial charge in [0.1, 0.15) is 11.5 Å². The second-order valence-corrected chi connectivity index (χ2v) is 3.88. The van der Waals surface area contributed by atoms with E-state index in [9.17, 15) is 4.79 Å². The fraction of sp³-hybridized carbons (Fsp3) is 0.417. The number of methoxy groups -OCH3 is 1. The van der Waals surface area contributed by atoms with Crippen LogP contribution >= 0.6 is 15.9 Å². The summed E-state index contributed by atoms with van der Waals surface area (Å²) in [4.78, 5) is 11.0. The number of carbonyl (C=O) groups excluding carboxylic acids is 1. The first-order chi connectivity index (χ1) is 7.76. The molecular formula is C12H15BrO3. The molecule has 16 heavy (non-hydrogen) atoms. The minimum absolute atomic E-state index is 0.162. The molecule has 0 radical (unpaired) electrons. The van der Waals surface area contributed by atoms with Crippen LogP contribution in [0.25, 0.3) is 0 Å². The number of halogens is 1. The van der Waals surface area contributed by atoms with Crippen LogP contribution in [-0.2, 0) is 16.1 Å². The largest absolute Gasteiger partial charge is 0.497 e. The monoisotopic (exact) mass is 286 g/mol. The van der Waals surface area contributed by atoms with Gasteiger partial charge in [0.15, 0.2) is 0 Å². The van der Waals surface area contributed by atoms with Crippen molar-refractivity contribution in [3.05, 3.63) is 29.8 Å². The molecule has 0 aliphatic heterocycles. The molecule has 0 saturated carbocycles. The van der Waals surface area contributed by atoms with E-state index in [1.165, 1.54) is 0 Å². The van der Waals surface area contributed by atoms with E-state index in [0.717, 1.165) is 11.3 Å². The van der Waals surface area contributed by atoms with Crippen LogP contribution in [0.2, 0.25) is 0 Å². The van der Waals surface area contributed by atoms with Gasteiger partial charge in [0.2, 0.25) is 0 Å². The first-order valence-electron chi connectivity index (χ1n) is 5.04. The van der Waals surface area contributed by atoms with Gasteiger partial charge in [-0.1, -0.05) is 28.1 Å². The molecule has 0 amide bonds. The van der Waals surface area contributed by atoms with Crippen LogP contribution in [0, 0.1) is 0 Å². The van der Waals surface area contributed by atoms with E-state index in [1.54, 1.807) is 7.11 Å². The Balaban J connectivity index is 2.24. The minimum atomic E-state index is 0.162. The summed E-state index contributed by atoms with van der Waals surface area (Å²) in [6.07, 6.45) is 0.460. The number of alkyl halides is 1. The van der Waals surface area contributed by atoms with Crippen LogP contribution in [0.4, 0.5) is 0 Å². The topological polar surface area (TPSA) is 35.5 Å². The highest BCUT2D eigenvalue weighted by molar-refractivity contribution is 9.09. The molecule has 0 saturated heterocycles. The van der Waals surface area contributed by atoms with Gasteiger partial charge < -0.3 is 9.47 Å². The highest BCUT2D eigenvalue weighted by atomic mass is 79.9. The maximum absolute atomic E-state index is 11.0. The third kappa shape index (κ3) is 4.77. The molecule has 0 atom stereocenters. The molecule has 1 aromatic carbocycles. The third-order valence-corrected chi connectivity index (χ3v) is 2.73. The third-order valence-electron chi connectivity index (χ3n) is 2.10. The van der Waals surface area contributed by atoms with Gasteiger partial charge in [0, 0.05) is 6.42 Å². The number of ketones is 1. The number of benzene rings is 1. The second-order valence-electron chi connectivity index (χ2n) is 3.32.